The Morgan fingerprint density at radius 2 is 1.88 bits per heavy atom. The summed E-state index contributed by atoms with van der Waals surface area (Å²) >= 11 is 5.99. The molecular weight excluding hydrogens is 341 g/mol. The molecule has 2 aromatic carbocycles. The van der Waals surface area contributed by atoms with E-state index in [1.54, 1.807) is 4.90 Å². The summed E-state index contributed by atoms with van der Waals surface area (Å²) in [6.45, 7) is 2.66. The average molecular weight is 362 g/mol. The lowest BCUT2D eigenvalue weighted by molar-refractivity contribution is 0.0478. The molecule has 0 spiro atoms. The van der Waals surface area contributed by atoms with Gasteiger partial charge in [0.05, 0.1) is 17.2 Å². The van der Waals surface area contributed by atoms with E-state index in [9.17, 15) is 9.18 Å². The van der Waals surface area contributed by atoms with Gasteiger partial charge in [-0.25, -0.2) is 4.39 Å². The molecule has 1 saturated heterocycles. The molecule has 0 aliphatic carbocycles. The van der Waals surface area contributed by atoms with Crippen LogP contribution < -0.4 is 0 Å². The van der Waals surface area contributed by atoms with E-state index in [4.69, 9.17) is 16.3 Å². The zero-order chi connectivity index (χ0) is 17.6. The molecule has 0 aromatic heterocycles. The predicted molar refractivity (Wildman–Crippen MR) is 96.1 cm³/mol. The fraction of sp³-hybridized carbons (Fsp3) is 0.350. The van der Waals surface area contributed by atoms with Crippen molar-refractivity contribution in [1.82, 2.24) is 4.90 Å². The highest BCUT2D eigenvalue weighted by molar-refractivity contribution is 6.33. The number of hydrogen-bond donors (Lipinski definition) is 0. The molecule has 3 rings (SSSR count). The van der Waals surface area contributed by atoms with Crippen LogP contribution in [-0.4, -0.2) is 30.5 Å². The van der Waals surface area contributed by atoms with Crippen molar-refractivity contribution in [2.24, 2.45) is 5.92 Å². The molecule has 1 heterocycles. The zero-order valence-electron chi connectivity index (χ0n) is 14.0. The molecule has 1 fully saturated rings. The minimum atomic E-state index is -0.434. The number of hydrogen-bond acceptors (Lipinski definition) is 2. The van der Waals surface area contributed by atoms with Crippen LogP contribution in [0.1, 0.15) is 28.8 Å². The predicted octanol–water partition coefficient (Wildman–Crippen LogP) is 4.55. The van der Waals surface area contributed by atoms with Crippen molar-refractivity contribution in [2.75, 3.05) is 19.7 Å². The Labute approximate surface area is 152 Å². The molecule has 1 aliphatic rings. The van der Waals surface area contributed by atoms with Gasteiger partial charge in [0, 0.05) is 19.7 Å². The van der Waals surface area contributed by atoms with E-state index in [1.807, 2.05) is 30.3 Å². The number of nitrogens with zero attached hydrogens (tertiary/aromatic N) is 1. The van der Waals surface area contributed by atoms with E-state index in [0.29, 0.717) is 37.8 Å². The van der Waals surface area contributed by atoms with E-state index in [2.05, 4.69) is 0 Å². The number of ether oxygens (including phenoxy) is 1. The van der Waals surface area contributed by atoms with Crippen LogP contribution in [0.2, 0.25) is 5.02 Å². The van der Waals surface area contributed by atoms with Crippen LogP contribution in [0.15, 0.2) is 48.5 Å². The van der Waals surface area contributed by atoms with Gasteiger partial charge in [-0.1, -0.05) is 41.9 Å². The number of amides is 1. The van der Waals surface area contributed by atoms with Crippen molar-refractivity contribution < 1.29 is 13.9 Å². The van der Waals surface area contributed by atoms with Crippen molar-refractivity contribution in [3.63, 3.8) is 0 Å². The maximum Gasteiger partial charge on any atom is 0.255 e. The summed E-state index contributed by atoms with van der Waals surface area (Å²) in [5, 5.41) is 0.165. The lowest BCUT2D eigenvalue weighted by atomic mass is 9.97. The molecule has 5 heteroatoms. The lowest BCUT2D eigenvalue weighted by Crippen LogP contribution is -2.39. The van der Waals surface area contributed by atoms with Crippen molar-refractivity contribution in [1.29, 1.82) is 0 Å². The van der Waals surface area contributed by atoms with Gasteiger partial charge < -0.3 is 9.64 Å². The SMILES string of the molecule is O=C(c1ccc(F)cc1Cl)N1CCC(COCc2ccccc2)CC1. The number of piperidine rings is 1. The van der Waals surface area contributed by atoms with Crippen molar-refractivity contribution in [3.05, 3.63) is 70.5 Å². The Kier molecular flexibility index (Phi) is 6.05. The highest BCUT2D eigenvalue weighted by Gasteiger charge is 2.25. The second-order valence-corrected chi connectivity index (χ2v) is 6.77. The number of carbonyl (C=O) groups is 1. The minimum absolute atomic E-state index is 0.131. The van der Waals surface area contributed by atoms with Gasteiger partial charge in [0.2, 0.25) is 0 Å². The Bertz CT molecular complexity index is 715. The molecule has 0 saturated carbocycles. The highest BCUT2D eigenvalue weighted by atomic mass is 35.5. The zero-order valence-corrected chi connectivity index (χ0v) is 14.7. The van der Waals surface area contributed by atoms with E-state index < -0.39 is 5.82 Å². The molecule has 2 aromatic rings. The summed E-state index contributed by atoms with van der Waals surface area (Å²) in [5.41, 5.74) is 1.53. The van der Waals surface area contributed by atoms with Crippen LogP contribution in [0.5, 0.6) is 0 Å². The molecule has 1 aliphatic heterocycles. The van der Waals surface area contributed by atoms with Crippen LogP contribution in [-0.2, 0) is 11.3 Å². The fourth-order valence-corrected chi connectivity index (χ4v) is 3.30. The minimum Gasteiger partial charge on any atom is -0.376 e. The highest BCUT2D eigenvalue weighted by Crippen LogP contribution is 2.23. The van der Waals surface area contributed by atoms with Crippen LogP contribution in [0.4, 0.5) is 4.39 Å². The third-order valence-electron chi connectivity index (χ3n) is 4.53. The molecular formula is C20H21ClFNO2. The number of benzene rings is 2. The molecule has 0 bridgehead atoms. The number of halogens is 2. The molecule has 0 unspecified atom stereocenters. The molecule has 25 heavy (non-hydrogen) atoms. The third-order valence-corrected chi connectivity index (χ3v) is 4.84. The molecule has 1 amide bonds. The van der Waals surface area contributed by atoms with Gasteiger partial charge in [0.1, 0.15) is 5.82 Å². The van der Waals surface area contributed by atoms with E-state index in [-0.39, 0.29) is 10.9 Å². The Morgan fingerprint density at radius 3 is 2.56 bits per heavy atom. The van der Waals surface area contributed by atoms with Gasteiger partial charge in [0.15, 0.2) is 0 Å². The standard InChI is InChI=1S/C20H21ClFNO2/c21-19-12-17(22)6-7-18(19)20(24)23-10-8-16(9-11-23)14-25-13-15-4-2-1-3-5-15/h1-7,12,16H,8-11,13-14H2. The van der Waals surface area contributed by atoms with E-state index in [1.165, 1.54) is 23.8 Å². The van der Waals surface area contributed by atoms with Gasteiger partial charge in [-0.15, -0.1) is 0 Å². The smallest absolute Gasteiger partial charge is 0.255 e. The Morgan fingerprint density at radius 1 is 1.16 bits per heavy atom. The summed E-state index contributed by atoms with van der Waals surface area (Å²) < 4.78 is 18.9. The number of carbonyl (C=O) groups excluding carboxylic acids is 1. The monoisotopic (exact) mass is 361 g/mol. The van der Waals surface area contributed by atoms with E-state index in [0.717, 1.165) is 12.8 Å². The summed E-state index contributed by atoms with van der Waals surface area (Å²) in [5.74, 6) is -0.110. The molecule has 132 valence electrons. The van der Waals surface area contributed by atoms with Crippen molar-refractivity contribution in [3.8, 4) is 0 Å². The summed E-state index contributed by atoms with van der Waals surface area (Å²) in [7, 11) is 0. The van der Waals surface area contributed by atoms with Crippen molar-refractivity contribution in [2.45, 2.75) is 19.4 Å². The first kappa shape index (κ1) is 17.9. The second kappa shape index (κ2) is 8.45. The lowest BCUT2D eigenvalue weighted by Gasteiger charge is -2.32. The topological polar surface area (TPSA) is 29.5 Å². The summed E-state index contributed by atoms with van der Waals surface area (Å²) in [4.78, 5) is 14.3. The first-order chi connectivity index (χ1) is 12.1. The molecule has 0 radical (unpaired) electrons. The largest absolute Gasteiger partial charge is 0.376 e. The normalized spacial score (nSPS) is 15.4. The number of likely N-dealkylation sites (tertiary alicyclic amines) is 1. The fourth-order valence-electron chi connectivity index (χ4n) is 3.05. The molecule has 0 N–H and O–H groups in total. The summed E-state index contributed by atoms with van der Waals surface area (Å²) in [6.07, 6.45) is 1.80. The van der Waals surface area contributed by atoms with Crippen LogP contribution in [0.25, 0.3) is 0 Å². The summed E-state index contributed by atoms with van der Waals surface area (Å²) in [6, 6.07) is 14.0. The van der Waals surface area contributed by atoms with Crippen LogP contribution in [0, 0.1) is 11.7 Å². The van der Waals surface area contributed by atoms with Gasteiger partial charge in [0.25, 0.3) is 5.91 Å². The van der Waals surface area contributed by atoms with Gasteiger partial charge in [-0.3, -0.25) is 4.79 Å². The first-order valence-electron chi connectivity index (χ1n) is 8.49. The Hall–Kier alpha value is -1.91. The van der Waals surface area contributed by atoms with Crippen molar-refractivity contribution >= 4 is 17.5 Å². The first-order valence-corrected chi connectivity index (χ1v) is 8.87. The van der Waals surface area contributed by atoms with Crippen LogP contribution >= 0.6 is 11.6 Å². The molecule has 0 atom stereocenters. The quantitative estimate of drug-likeness (QED) is 0.782. The van der Waals surface area contributed by atoms with Gasteiger partial charge in [-0.05, 0) is 42.5 Å². The average Bonchev–Trinajstić information content (AvgIpc) is 2.63. The Balaban J connectivity index is 1.46. The maximum atomic E-state index is 13.1. The third kappa shape index (κ3) is 4.80. The second-order valence-electron chi connectivity index (χ2n) is 6.36. The van der Waals surface area contributed by atoms with Crippen LogP contribution in [0.3, 0.4) is 0 Å². The maximum absolute atomic E-state index is 13.1. The van der Waals surface area contributed by atoms with Gasteiger partial charge >= 0.3 is 0 Å². The van der Waals surface area contributed by atoms with Gasteiger partial charge in [-0.2, -0.15) is 0 Å². The van der Waals surface area contributed by atoms with E-state index >= 15 is 0 Å². The number of rotatable bonds is 5. The molecule has 3 nitrogen and oxygen atoms in total.